The predicted molar refractivity (Wildman–Crippen MR) is 75.3 cm³/mol. The molecule has 20 heavy (non-hydrogen) atoms. The maximum atomic E-state index is 9.49. The first-order valence-electron chi connectivity index (χ1n) is 5.97. The SMILES string of the molecule is COc1cc(CO)c([Se]C[C@@H](O)CO)c(OC)c1OC. The number of rotatable bonds is 8. The van der Waals surface area contributed by atoms with Gasteiger partial charge in [-0.15, -0.1) is 0 Å². The molecule has 1 rings (SSSR count). The molecule has 0 aliphatic heterocycles. The van der Waals surface area contributed by atoms with Gasteiger partial charge in [0.05, 0.1) is 0 Å². The van der Waals surface area contributed by atoms with Gasteiger partial charge in [-0.2, -0.15) is 0 Å². The van der Waals surface area contributed by atoms with Crippen molar-refractivity contribution >= 4 is 19.4 Å². The zero-order valence-corrected chi connectivity index (χ0v) is 13.5. The Kier molecular flexibility index (Phi) is 7.12. The molecule has 0 spiro atoms. The van der Waals surface area contributed by atoms with Crippen molar-refractivity contribution in [1.82, 2.24) is 0 Å². The normalized spacial score (nSPS) is 12.1. The molecule has 7 heteroatoms. The Morgan fingerprint density at radius 2 is 1.75 bits per heavy atom. The summed E-state index contributed by atoms with van der Waals surface area (Å²) in [5.74, 6) is 1.44. The van der Waals surface area contributed by atoms with Crippen molar-refractivity contribution in [3.63, 3.8) is 0 Å². The van der Waals surface area contributed by atoms with E-state index in [1.807, 2.05) is 0 Å². The molecule has 0 aliphatic rings. The van der Waals surface area contributed by atoms with Crippen LogP contribution in [0.15, 0.2) is 6.07 Å². The van der Waals surface area contributed by atoms with Gasteiger partial charge in [-0.3, -0.25) is 0 Å². The number of ether oxygens (including phenoxy) is 3. The summed E-state index contributed by atoms with van der Waals surface area (Å²) in [4.78, 5) is 0. The zero-order valence-electron chi connectivity index (χ0n) is 11.8. The van der Waals surface area contributed by atoms with E-state index in [0.717, 1.165) is 4.46 Å². The Hall–Kier alpha value is -0.981. The summed E-state index contributed by atoms with van der Waals surface area (Å²) in [7, 11) is 4.54. The first-order valence-corrected chi connectivity index (χ1v) is 8.04. The molecule has 0 heterocycles. The average Bonchev–Trinajstić information content (AvgIpc) is 2.50. The summed E-state index contributed by atoms with van der Waals surface area (Å²) in [5.41, 5.74) is 0.671. The van der Waals surface area contributed by atoms with Gasteiger partial charge in [0.25, 0.3) is 0 Å². The van der Waals surface area contributed by atoms with Crippen LogP contribution < -0.4 is 18.7 Å². The third-order valence-electron chi connectivity index (χ3n) is 2.66. The fraction of sp³-hybridized carbons (Fsp3) is 0.538. The number of methoxy groups -OCH3 is 3. The maximum absolute atomic E-state index is 9.49. The van der Waals surface area contributed by atoms with Crippen LogP contribution in [0.25, 0.3) is 0 Å². The van der Waals surface area contributed by atoms with Crippen molar-refractivity contribution in [1.29, 1.82) is 0 Å². The van der Waals surface area contributed by atoms with Crippen LogP contribution in [-0.2, 0) is 6.61 Å². The number of benzene rings is 1. The molecule has 0 aliphatic carbocycles. The first-order chi connectivity index (χ1) is 9.62. The molecule has 1 atom stereocenters. The van der Waals surface area contributed by atoms with Gasteiger partial charge >= 0.3 is 124 Å². The summed E-state index contributed by atoms with van der Waals surface area (Å²) in [6.07, 6.45) is -0.778. The number of aliphatic hydroxyl groups excluding tert-OH is 3. The second-order valence-corrected chi connectivity index (χ2v) is 6.10. The molecule has 1 aromatic rings. The average molecular weight is 351 g/mol. The Labute approximate surface area is 124 Å². The standard InChI is InChI=1S/C13H20O6Se/c1-17-10-4-8(5-14)13(20-7-9(16)6-15)12(19-3)11(10)18-2/h4,9,14-16H,5-7H2,1-3H3/t9-/m0/s1. The number of hydrogen-bond donors (Lipinski definition) is 3. The van der Waals surface area contributed by atoms with Crippen LogP contribution in [0, 0.1) is 0 Å². The summed E-state index contributed by atoms with van der Waals surface area (Å²) in [6.45, 7) is -0.450. The number of aliphatic hydroxyl groups is 3. The van der Waals surface area contributed by atoms with Gasteiger partial charge in [-0.1, -0.05) is 0 Å². The van der Waals surface area contributed by atoms with Crippen molar-refractivity contribution in [3.8, 4) is 17.2 Å². The second-order valence-electron chi connectivity index (χ2n) is 3.94. The molecular formula is C13H20O6Se. The number of hydrogen-bond acceptors (Lipinski definition) is 6. The summed E-state index contributed by atoms with van der Waals surface area (Å²) in [5, 5.41) is 28.3. The van der Waals surface area contributed by atoms with Crippen molar-refractivity contribution in [2.75, 3.05) is 27.9 Å². The molecule has 3 N–H and O–H groups in total. The van der Waals surface area contributed by atoms with E-state index in [-0.39, 0.29) is 28.2 Å². The van der Waals surface area contributed by atoms with E-state index in [2.05, 4.69) is 0 Å². The zero-order chi connectivity index (χ0) is 15.1. The summed E-state index contributed by atoms with van der Waals surface area (Å²) < 4.78 is 16.7. The third kappa shape index (κ3) is 3.77. The van der Waals surface area contributed by atoms with E-state index < -0.39 is 6.10 Å². The van der Waals surface area contributed by atoms with Crippen LogP contribution in [0.2, 0.25) is 5.32 Å². The molecule has 0 saturated carbocycles. The van der Waals surface area contributed by atoms with Gasteiger partial charge in [0.2, 0.25) is 0 Å². The summed E-state index contributed by atoms with van der Waals surface area (Å²) >= 11 is -0.175. The molecule has 0 bridgehead atoms. The van der Waals surface area contributed by atoms with Crippen molar-refractivity contribution in [2.24, 2.45) is 0 Å². The molecule has 0 amide bonds. The van der Waals surface area contributed by atoms with Crippen molar-refractivity contribution in [3.05, 3.63) is 11.6 Å². The molecule has 6 nitrogen and oxygen atoms in total. The van der Waals surface area contributed by atoms with Crippen LogP contribution in [-0.4, -0.2) is 64.3 Å². The molecule has 114 valence electrons. The van der Waals surface area contributed by atoms with Gasteiger partial charge < -0.3 is 0 Å². The van der Waals surface area contributed by atoms with Gasteiger partial charge in [-0.25, -0.2) is 0 Å². The van der Waals surface area contributed by atoms with Crippen molar-refractivity contribution < 1.29 is 29.5 Å². The fourth-order valence-corrected chi connectivity index (χ4v) is 3.96. The predicted octanol–water partition coefficient (Wildman–Crippen LogP) is -0.694. The molecule has 1 aromatic carbocycles. The van der Waals surface area contributed by atoms with Gasteiger partial charge in [0, 0.05) is 0 Å². The quantitative estimate of drug-likeness (QED) is 0.537. The minimum atomic E-state index is -0.778. The molecular weight excluding hydrogens is 331 g/mol. The molecule has 0 unspecified atom stereocenters. The van der Waals surface area contributed by atoms with E-state index in [1.165, 1.54) is 21.3 Å². The first kappa shape index (κ1) is 17.1. The Balaban J connectivity index is 3.24. The molecule has 0 aromatic heterocycles. The van der Waals surface area contributed by atoms with Gasteiger partial charge in [0.15, 0.2) is 0 Å². The van der Waals surface area contributed by atoms with E-state index in [9.17, 15) is 10.2 Å². The van der Waals surface area contributed by atoms with E-state index >= 15 is 0 Å². The van der Waals surface area contributed by atoms with Crippen LogP contribution in [0.1, 0.15) is 5.56 Å². The Morgan fingerprint density at radius 1 is 1.10 bits per heavy atom. The second kappa shape index (κ2) is 8.34. The molecule has 0 fully saturated rings. The van der Waals surface area contributed by atoms with Crippen LogP contribution >= 0.6 is 0 Å². The summed E-state index contributed by atoms with van der Waals surface area (Å²) in [6, 6.07) is 1.70. The third-order valence-corrected chi connectivity index (χ3v) is 5.36. The van der Waals surface area contributed by atoms with Crippen LogP contribution in [0.5, 0.6) is 17.2 Å². The van der Waals surface area contributed by atoms with Gasteiger partial charge in [-0.05, 0) is 0 Å². The van der Waals surface area contributed by atoms with Crippen molar-refractivity contribution in [2.45, 2.75) is 18.0 Å². The van der Waals surface area contributed by atoms with Crippen LogP contribution in [0.3, 0.4) is 0 Å². The minimum absolute atomic E-state index is 0.164. The van der Waals surface area contributed by atoms with Crippen LogP contribution in [0.4, 0.5) is 0 Å². The molecule has 0 radical (unpaired) electrons. The van der Waals surface area contributed by atoms with E-state index in [1.54, 1.807) is 6.07 Å². The fourth-order valence-electron chi connectivity index (χ4n) is 1.69. The van der Waals surface area contributed by atoms with E-state index in [0.29, 0.717) is 28.1 Å². The van der Waals surface area contributed by atoms with Gasteiger partial charge in [0.1, 0.15) is 0 Å². The Morgan fingerprint density at radius 3 is 2.20 bits per heavy atom. The molecule has 0 saturated heterocycles. The topological polar surface area (TPSA) is 88.4 Å². The monoisotopic (exact) mass is 352 g/mol. The van der Waals surface area contributed by atoms with E-state index in [4.69, 9.17) is 19.3 Å². The Bertz CT molecular complexity index is 437.